The second-order valence-corrected chi connectivity index (χ2v) is 11.0. The molecule has 1 unspecified atom stereocenters. The summed E-state index contributed by atoms with van der Waals surface area (Å²) in [5, 5.41) is 2.48. The summed E-state index contributed by atoms with van der Waals surface area (Å²) in [6.45, 7) is 0.268. The van der Waals surface area contributed by atoms with E-state index in [1.54, 1.807) is 54.8 Å². The fourth-order valence-corrected chi connectivity index (χ4v) is 4.45. The summed E-state index contributed by atoms with van der Waals surface area (Å²) in [5.41, 5.74) is 0.732. The zero-order chi connectivity index (χ0) is 24.3. The summed E-state index contributed by atoms with van der Waals surface area (Å²) >= 11 is 24.5. The van der Waals surface area contributed by atoms with Crippen molar-refractivity contribution in [3.63, 3.8) is 0 Å². The van der Waals surface area contributed by atoms with E-state index in [2.05, 4.69) is 5.32 Å². The van der Waals surface area contributed by atoms with Crippen LogP contribution in [0.25, 0.3) is 6.08 Å². The molecule has 3 heterocycles. The SMILES string of the molecule is O=C(NC(Oc1ccc(C=C2SC(=S)N(Cc3ccco3)C2=O)cc1)C(Cl)(Cl)Cl)c1ccco1. The van der Waals surface area contributed by atoms with Gasteiger partial charge in [0, 0.05) is 0 Å². The molecule has 0 spiro atoms. The Hall–Kier alpha value is -2.43. The second-order valence-electron chi connectivity index (χ2n) is 6.91. The van der Waals surface area contributed by atoms with Crippen LogP contribution in [-0.4, -0.2) is 31.1 Å². The highest BCUT2D eigenvalue weighted by Gasteiger charge is 2.37. The van der Waals surface area contributed by atoms with E-state index in [9.17, 15) is 9.59 Å². The fourth-order valence-electron chi connectivity index (χ4n) is 2.90. The zero-order valence-electron chi connectivity index (χ0n) is 17.1. The van der Waals surface area contributed by atoms with Crippen LogP contribution in [0.5, 0.6) is 5.75 Å². The van der Waals surface area contributed by atoms with Crippen molar-refractivity contribution in [2.24, 2.45) is 0 Å². The highest BCUT2D eigenvalue weighted by Crippen LogP contribution is 2.35. The number of carbonyl (C=O) groups is 2. The number of thioether (sulfide) groups is 1. The van der Waals surface area contributed by atoms with Crippen molar-refractivity contribution in [3.05, 3.63) is 83.0 Å². The summed E-state index contributed by atoms with van der Waals surface area (Å²) in [4.78, 5) is 27.0. The lowest BCUT2D eigenvalue weighted by Crippen LogP contribution is -2.47. The van der Waals surface area contributed by atoms with E-state index in [1.165, 1.54) is 29.0 Å². The van der Waals surface area contributed by atoms with Crippen LogP contribution in [0.1, 0.15) is 21.9 Å². The second kappa shape index (κ2) is 10.5. The predicted molar refractivity (Wildman–Crippen MR) is 135 cm³/mol. The zero-order valence-corrected chi connectivity index (χ0v) is 21.0. The van der Waals surface area contributed by atoms with Crippen LogP contribution in [0.4, 0.5) is 0 Å². The van der Waals surface area contributed by atoms with Crippen molar-refractivity contribution in [2.45, 2.75) is 16.6 Å². The molecule has 34 heavy (non-hydrogen) atoms. The molecule has 0 aliphatic carbocycles. The Morgan fingerprint density at radius 1 is 1.15 bits per heavy atom. The van der Waals surface area contributed by atoms with Gasteiger partial charge in [-0.15, -0.1) is 0 Å². The normalized spacial score (nSPS) is 16.2. The number of hydrogen-bond donors (Lipinski definition) is 1. The van der Waals surface area contributed by atoms with Gasteiger partial charge in [-0.2, -0.15) is 0 Å². The third-order valence-corrected chi connectivity index (χ3v) is 6.48. The largest absolute Gasteiger partial charge is 0.467 e. The minimum atomic E-state index is -1.96. The average Bonchev–Trinajstić information content (AvgIpc) is 3.54. The lowest BCUT2D eigenvalue weighted by molar-refractivity contribution is -0.122. The first-order valence-corrected chi connectivity index (χ1v) is 12.0. The molecule has 0 bridgehead atoms. The minimum absolute atomic E-state index is 0.0440. The summed E-state index contributed by atoms with van der Waals surface area (Å²) < 4.78 is 14.5. The van der Waals surface area contributed by atoms with E-state index < -0.39 is 15.9 Å². The van der Waals surface area contributed by atoms with Gasteiger partial charge in [0.15, 0.2) is 5.76 Å². The molecule has 1 saturated heterocycles. The van der Waals surface area contributed by atoms with Crippen molar-refractivity contribution in [1.29, 1.82) is 0 Å². The molecule has 1 aliphatic heterocycles. The van der Waals surface area contributed by atoms with Crippen molar-refractivity contribution < 1.29 is 23.2 Å². The average molecular weight is 558 g/mol. The molecule has 1 atom stereocenters. The molecule has 1 aliphatic rings. The van der Waals surface area contributed by atoms with Gasteiger partial charge in [-0.1, -0.05) is 70.9 Å². The van der Waals surface area contributed by atoms with E-state index >= 15 is 0 Å². The molecule has 3 aromatic rings. The van der Waals surface area contributed by atoms with Gasteiger partial charge in [-0.25, -0.2) is 0 Å². The molecular formula is C22H15Cl3N2O5S2. The number of benzene rings is 1. The first-order chi connectivity index (χ1) is 16.2. The van der Waals surface area contributed by atoms with E-state index in [1.807, 2.05) is 0 Å². The molecule has 1 N–H and O–H groups in total. The summed E-state index contributed by atoms with van der Waals surface area (Å²) in [6.07, 6.45) is 3.32. The maximum atomic E-state index is 12.8. The van der Waals surface area contributed by atoms with Crippen LogP contribution >= 0.6 is 58.8 Å². The van der Waals surface area contributed by atoms with Crippen LogP contribution in [0, 0.1) is 0 Å². The Morgan fingerprint density at radius 3 is 2.47 bits per heavy atom. The Labute approximate surface area is 218 Å². The van der Waals surface area contributed by atoms with Crippen molar-refractivity contribution in [1.82, 2.24) is 10.2 Å². The first kappa shape index (κ1) is 24.7. The maximum absolute atomic E-state index is 12.8. The number of ether oxygens (including phenoxy) is 1. The number of rotatable bonds is 7. The molecule has 7 nitrogen and oxygen atoms in total. The van der Waals surface area contributed by atoms with Gasteiger partial charge in [-0.3, -0.25) is 14.5 Å². The van der Waals surface area contributed by atoms with Crippen molar-refractivity contribution in [3.8, 4) is 5.75 Å². The molecule has 2 amide bonds. The third-order valence-electron chi connectivity index (χ3n) is 4.50. The number of alkyl halides is 3. The van der Waals surface area contributed by atoms with E-state index in [0.29, 0.717) is 20.7 Å². The Morgan fingerprint density at radius 2 is 1.85 bits per heavy atom. The highest BCUT2D eigenvalue weighted by atomic mass is 35.6. The fraction of sp³-hybridized carbons (Fsp3) is 0.136. The Kier molecular flexibility index (Phi) is 7.59. The quantitative estimate of drug-likeness (QED) is 0.171. The van der Waals surface area contributed by atoms with Crippen LogP contribution in [0.2, 0.25) is 0 Å². The van der Waals surface area contributed by atoms with Crippen LogP contribution < -0.4 is 10.1 Å². The number of thiocarbonyl (C=S) groups is 1. The summed E-state index contributed by atoms with van der Waals surface area (Å²) in [7, 11) is 0. The molecule has 1 aromatic carbocycles. The van der Waals surface area contributed by atoms with Crippen LogP contribution in [-0.2, 0) is 11.3 Å². The molecule has 4 rings (SSSR count). The number of furan rings is 2. The Balaban J connectivity index is 1.43. The van der Waals surface area contributed by atoms with Crippen LogP contribution in [0.3, 0.4) is 0 Å². The maximum Gasteiger partial charge on any atom is 0.289 e. The molecular weight excluding hydrogens is 543 g/mol. The van der Waals surface area contributed by atoms with E-state index in [-0.39, 0.29) is 18.2 Å². The Bertz CT molecular complexity index is 1210. The van der Waals surface area contributed by atoms with Crippen molar-refractivity contribution >= 4 is 81.0 Å². The number of nitrogens with zero attached hydrogens (tertiary/aromatic N) is 1. The molecule has 2 aromatic heterocycles. The minimum Gasteiger partial charge on any atom is -0.467 e. The topological polar surface area (TPSA) is 84.9 Å². The predicted octanol–water partition coefficient (Wildman–Crippen LogP) is 5.78. The van der Waals surface area contributed by atoms with Gasteiger partial charge in [0.25, 0.3) is 11.8 Å². The van der Waals surface area contributed by atoms with Gasteiger partial charge in [0.1, 0.15) is 15.8 Å². The van der Waals surface area contributed by atoms with Crippen molar-refractivity contribution in [2.75, 3.05) is 0 Å². The molecule has 12 heteroatoms. The van der Waals surface area contributed by atoms with E-state index in [4.69, 9.17) is 60.6 Å². The van der Waals surface area contributed by atoms with Gasteiger partial charge < -0.3 is 18.9 Å². The number of halogens is 3. The summed E-state index contributed by atoms with van der Waals surface area (Å²) in [6, 6.07) is 13.2. The standard InChI is InChI=1S/C22H15Cl3N2O5S2/c23-22(24,25)20(26-18(28)16-4-2-10-31-16)32-14-7-5-13(6-8-14)11-17-19(29)27(21(33)34-17)12-15-3-1-9-30-15/h1-11,20H,12H2,(H,26,28). The number of nitrogens with one attached hydrogen (secondary N) is 1. The molecule has 1 fully saturated rings. The van der Waals surface area contributed by atoms with Gasteiger partial charge >= 0.3 is 0 Å². The smallest absolute Gasteiger partial charge is 0.289 e. The summed E-state index contributed by atoms with van der Waals surface area (Å²) in [5.74, 6) is 0.209. The number of amides is 2. The van der Waals surface area contributed by atoms with Crippen LogP contribution in [0.15, 0.2) is 74.8 Å². The molecule has 176 valence electrons. The monoisotopic (exact) mass is 556 g/mol. The molecule has 0 saturated carbocycles. The first-order valence-electron chi connectivity index (χ1n) is 9.66. The molecule has 0 radical (unpaired) electrons. The van der Waals surface area contributed by atoms with Gasteiger partial charge in [0.2, 0.25) is 10.0 Å². The third kappa shape index (κ3) is 5.97. The lowest BCUT2D eigenvalue weighted by Gasteiger charge is -2.26. The van der Waals surface area contributed by atoms with Gasteiger partial charge in [0.05, 0.1) is 24.0 Å². The number of hydrogen-bond acceptors (Lipinski definition) is 7. The lowest BCUT2D eigenvalue weighted by atomic mass is 10.2. The number of carbonyl (C=O) groups excluding carboxylic acids is 2. The van der Waals surface area contributed by atoms with E-state index in [0.717, 1.165) is 5.56 Å². The highest BCUT2D eigenvalue weighted by molar-refractivity contribution is 8.26. The van der Waals surface area contributed by atoms with Gasteiger partial charge in [-0.05, 0) is 48.0 Å².